The van der Waals surface area contributed by atoms with Gasteiger partial charge >= 0.3 is 0 Å². The second-order valence-electron chi connectivity index (χ2n) is 12.2. The van der Waals surface area contributed by atoms with Gasteiger partial charge in [0.1, 0.15) is 23.2 Å². The van der Waals surface area contributed by atoms with Crippen LogP contribution in [0.15, 0.2) is 121 Å². The molecule has 4 heteroatoms. The van der Waals surface area contributed by atoms with E-state index in [1.165, 1.54) is 21.5 Å². The highest BCUT2D eigenvalue weighted by Crippen LogP contribution is 2.57. The third kappa shape index (κ3) is 7.60. The smallest absolute Gasteiger partial charge is 0.200 e. The number of benzene rings is 4. The van der Waals surface area contributed by atoms with Gasteiger partial charge in [-0.05, 0) is 65.0 Å². The highest BCUT2D eigenvalue weighted by Gasteiger charge is 2.49. The second-order valence-corrected chi connectivity index (χ2v) is 21.2. The minimum Gasteiger partial charge on any atom is -1.00 e. The van der Waals surface area contributed by atoms with Crippen molar-refractivity contribution >= 4 is 31.5 Å². The van der Waals surface area contributed by atoms with Gasteiger partial charge in [0.05, 0.1) is 6.16 Å². The van der Waals surface area contributed by atoms with E-state index in [9.17, 15) is 0 Å². The Hall–Kier alpha value is -1.78. The summed E-state index contributed by atoms with van der Waals surface area (Å²) in [6.07, 6.45) is 2.10. The van der Waals surface area contributed by atoms with Gasteiger partial charge < -0.3 is 28.4 Å². The van der Waals surface area contributed by atoms with Crippen molar-refractivity contribution in [3.8, 4) is 0 Å². The summed E-state index contributed by atoms with van der Waals surface area (Å²) in [7, 11) is -3.97. The third-order valence-electron chi connectivity index (χ3n) is 8.77. The maximum atomic E-state index is 7.36. The zero-order valence-corrected chi connectivity index (χ0v) is 29.8. The standard InChI is InChI=1S/C37H48OPSi.HI/c1-30(2)40(31(3)4,32(5)6)38-28-34(27-33-19-11-7-12-20-33)29-39(35-21-13-8-14-22-35,36-23-15-9-16-24-36)37-25-17-10-18-26-37;/h7-26,30-32,34H,27-29H2,1-6H3;1H/q+1;/p-1. The summed E-state index contributed by atoms with van der Waals surface area (Å²) in [5, 5.41) is 4.35. The quantitative estimate of drug-likeness (QED) is 0.0944. The summed E-state index contributed by atoms with van der Waals surface area (Å²) in [4.78, 5) is 0. The Labute approximate surface area is 268 Å². The van der Waals surface area contributed by atoms with Crippen molar-refractivity contribution in [2.24, 2.45) is 5.92 Å². The zero-order chi connectivity index (χ0) is 28.6. The first-order valence-corrected chi connectivity index (χ1v) is 19.1. The topological polar surface area (TPSA) is 9.23 Å². The van der Waals surface area contributed by atoms with Gasteiger partial charge in [0.25, 0.3) is 0 Å². The van der Waals surface area contributed by atoms with Crippen LogP contribution in [0.5, 0.6) is 0 Å². The number of hydrogen-bond donors (Lipinski definition) is 0. The number of halogens is 1. The Morgan fingerprint density at radius 3 is 1.22 bits per heavy atom. The van der Waals surface area contributed by atoms with Crippen molar-refractivity contribution in [3.63, 3.8) is 0 Å². The van der Waals surface area contributed by atoms with E-state index in [0.717, 1.165) is 19.2 Å². The fraction of sp³-hybridized carbons (Fsp3) is 0.351. The van der Waals surface area contributed by atoms with E-state index in [0.29, 0.717) is 22.5 Å². The molecule has 4 aromatic carbocycles. The number of rotatable bonds is 13. The molecule has 1 atom stereocenters. The Bertz CT molecular complexity index is 1160. The largest absolute Gasteiger partial charge is 1.00 e. The zero-order valence-electron chi connectivity index (χ0n) is 25.7. The van der Waals surface area contributed by atoms with Gasteiger partial charge in [0.2, 0.25) is 0 Å². The molecule has 0 saturated carbocycles. The van der Waals surface area contributed by atoms with Crippen LogP contribution in [0, 0.1) is 5.92 Å². The van der Waals surface area contributed by atoms with Crippen LogP contribution >= 0.6 is 7.26 Å². The van der Waals surface area contributed by atoms with E-state index < -0.39 is 15.6 Å². The molecule has 0 aliphatic heterocycles. The minimum absolute atomic E-state index is 0. The van der Waals surface area contributed by atoms with Crippen molar-refractivity contribution in [2.75, 3.05) is 12.8 Å². The summed E-state index contributed by atoms with van der Waals surface area (Å²) in [5.41, 5.74) is 3.11. The molecule has 0 aromatic heterocycles. The van der Waals surface area contributed by atoms with Gasteiger partial charge in [-0.15, -0.1) is 0 Å². The highest BCUT2D eigenvalue weighted by molar-refractivity contribution is 7.95. The molecule has 0 heterocycles. The normalized spacial score (nSPS) is 12.9. The van der Waals surface area contributed by atoms with E-state index >= 15 is 0 Å². The molecule has 0 saturated heterocycles. The van der Waals surface area contributed by atoms with Crippen LogP contribution in [0.3, 0.4) is 0 Å². The Morgan fingerprint density at radius 1 is 0.537 bits per heavy atom. The first-order valence-electron chi connectivity index (χ1n) is 15.0. The molecule has 0 bridgehead atoms. The molecule has 1 unspecified atom stereocenters. The lowest BCUT2D eigenvalue weighted by Crippen LogP contribution is -3.00. The predicted octanol–water partition coefficient (Wildman–Crippen LogP) is 6.04. The Kier molecular flexibility index (Phi) is 12.8. The first kappa shape index (κ1) is 33.7. The van der Waals surface area contributed by atoms with Gasteiger partial charge in [-0.3, -0.25) is 0 Å². The van der Waals surface area contributed by atoms with Crippen LogP contribution in [0.25, 0.3) is 0 Å². The molecule has 218 valence electrons. The second kappa shape index (κ2) is 15.6. The van der Waals surface area contributed by atoms with Crippen molar-refractivity contribution in [1.82, 2.24) is 0 Å². The summed E-state index contributed by atoms with van der Waals surface area (Å²) in [6, 6.07) is 45.0. The fourth-order valence-electron chi connectivity index (χ4n) is 7.08. The third-order valence-corrected chi connectivity index (χ3v) is 19.5. The van der Waals surface area contributed by atoms with Crippen LogP contribution in [0.1, 0.15) is 47.1 Å². The molecule has 0 fully saturated rings. The molecule has 41 heavy (non-hydrogen) atoms. The molecule has 4 aromatic rings. The SMILES string of the molecule is CC(C)[Si](OCC(Cc1ccccc1)C[P+](c1ccccc1)(c1ccccc1)c1ccccc1)(C(C)C)C(C)C.[I-]. The average Bonchev–Trinajstić information content (AvgIpc) is 2.97. The maximum Gasteiger partial charge on any atom is 0.200 e. The van der Waals surface area contributed by atoms with Crippen molar-refractivity contribution in [2.45, 2.75) is 64.6 Å². The van der Waals surface area contributed by atoms with Gasteiger partial charge in [0.15, 0.2) is 8.32 Å². The minimum atomic E-state index is -2.01. The van der Waals surface area contributed by atoms with Gasteiger partial charge in [0, 0.05) is 12.5 Å². The molecule has 0 amide bonds. The van der Waals surface area contributed by atoms with Crippen LogP contribution in [-0.2, 0) is 10.8 Å². The molecular weight excluding hydrogens is 646 g/mol. The molecule has 4 rings (SSSR count). The van der Waals surface area contributed by atoms with Gasteiger partial charge in [-0.2, -0.15) is 0 Å². The summed E-state index contributed by atoms with van der Waals surface area (Å²) < 4.78 is 7.36. The lowest BCUT2D eigenvalue weighted by atomic mass is 10.0. The van der Waals surface area contributed by atoms with Crippen molar-refractivity contribution in [1.29, 1.82) is 0 Å². The maximum absolute atomic E-state index is 7.36. The Balaban J connectivity index is 0.00000462. The van der Waals surface area contributed by atoms with Crippen molar-refractivity contribution in [3.05, 3.63) is 127 Å². The Morgan fingerprint density at radius 2 is 0.878 bits per heavy atom. The summed E-state index contributed by atoms with van der Waals surface area (Å²) in [6.45, 7) is 15.2. The molecule has 0 spiro atoms. The molecule has 0 aliphatic rings. The molecule has 0 aliphatic carbocycles. The molecule has 1 nitrogen and oxygen atoms in total. The molecule has 0 N–H and O–H groups in total. The first-order chi connectivity index (χ1) is 19.3. The predicted molar refractivity (Wildman–Crippen MR) is 181 cm³/mol. The van der Waals surface area contributed by atoms with Crippen LogP contribution < -0.4 is 39.9 Å². The van der Waals surface area contributed by atoms with Crippen molar-refractivity contribution < 1.29 is 28.4 Å². The van der Waals surface area contributed by atoms with Crippen LogP contribution in [0.2, 0.25) is 16.6 Å². The average molecular weight is 695 g/mol. The van der Waals surface area contributed by atoms with E-state index in [4.69, 9.17) is 4.43 Å². The monoisotopic (exact) mass is 694 g/mol. The van der Waals surface area contributed by atoms with Crippen LogP contribution in [-0.4, -0.2) is 21.1 Å². The summed E-state index contributed by atoms with van der Waals surface area (Å²) >= 11 is 0. The lowest BCUT2D eigenvalue weighted by Gasteiger charge is -2.43. The summed E-state index contributed by atoms with van der Waals surface area (Å²) in [5.74, 6) is 0.388. The van der Waals surface area contributed by atoms with E-state index in [1.807, 2.05) is 0 Å². The van der Waals surface area contributed by atoms with E-state index in [-0.39, 0.29) is 24.0 Å². The van der Waals surface area contributed by atoms with E-state index in [2.05, 4.69) is 163 Å². The fourth-order valence-corrected chi connectivity index (χ4v) is 17.2. The molecule has 0 radical (unpaired) electrons. The van der Waals surface area contributed by atoms with E-state index in [1.54, 1.807) is 0 Å². The number of hydrogen-bond acceptors (Lipinski definition) is 1. The van der Waals surface area contributed by atoms with Gasteiger partial charge in [-0.1, -0.05) is 126 Å². The van der Waals surface area contributed by atoms with Crippen LogP contribution in [0.4, 0.5) is 0 Å². The highest BCUT2D eigenvalue weighted by atomic mass is 127. The lowest BCUT2D eigenvalue weighted by molar-refractivity contribution is -0.00000881. The molecular formula is C37H48IOPSi. The van der Waals surface area contributed by atoms with Gasteiger partial charge in [-0.25, -0.2) is 0 Å².